The molecule has 0 unspecified atom stereocenters. The molecule has 5 heteroatoms. The van der Waals surface area contributed by atoms with Crippen LogP contribution in [0.2, 0.25) is 0 Å². The van der Waals surface area contributed by atoms with Crippen LogP contribution in [0, 0.1) is 0 Å². The van der Waals surface area contributed by atoms with Gasteiger partial charge in [-0.05, 0) is 42.9 Å². The number of hydrogen-bond acceptors (Lipinski definition) is 4. The minimum atomic E-state index is -0.232. The molecule has 0 radical (unpaired) electrons. The second kappa shape index (κ2) is 8.15. The molecular weight excluding hydrogens is 340 g/mol. The molecule has 0 spiro atoms. The Morgan fingerprint density at radius 3 is 2.70 bits per heavy atom. The molecule has 1 aliphatic heterocycles. The Kier molecular flexibility index (Phi) is 5.46. The fourth-order valence-electron chi connectivity index (χ4n) is 4.22. The fourth-order valence-corrected chi connectivity index (χ4v) is 4.22. The summed E-state index contributed by atoms with van der Waals surface area (Å²) in [6.45, 7) is 3.23. The third-order valence-corrected chi connectivity index (χ3v) is 5.63. The molecule has 1 aromatic heterocycles. The van der Waals surface area contributed by atoms with Crippen LogP contribution in [-0.2, 0) is 13.0 Å². The third-order valence-electron chi connectivity index (χ3n) is 5.63. The Morgan fingerprint density at radius 1 is 1.19 bits per heavy atom. The van der Waals surface area contributed by atoms with E-state index in [-0.39, 0.29) is 11.7 Å². The van der Waals surface area contributed by atoms with E-state index in [0.29, 0.717) is 25.1 Å². The van der Waals surface area contributed by atoms with Gasteiger partial charge in [-0.3, -0.25) is 9.36 Å². The summed E-state index contributed by atoms with van der Waals surface area (Å²) in [7, 11) is 0. The molecule has 27 heavy (non-hydrogen) atoms. The molecule has 1 aromatic carbocycles. The van der Waals surface area contributed by atoms with E-state index in [9.17, 15) is 4.79 Å². The van der Waals surface area contributed by atoms with Gasteiger partial charge in [-0.1, -0.05) is 44.7 Å². The zero-order valence-electron chi connectivity index (χ0n) is 16.0. The van der Waals surface area contributed by atoms with E-state index in [2.05, 4.69) is 36.2 Å². The third kappa shape index (κ3) is 4.18. The number of benzene rings is 1. The number of rotatable bonds is 6. The Labute approximate surface area is 160 Å². The minimum Gasteiger partial charge on any atom is -0.490 e. The van der Waals surface area contributed by atoms with E-state index < -0.39 is 0 Å². The molecule has 1 saturated carbocycles. The summed E-state index contributed by atoms with van der Waals surface area (Å²) >= 11 is 0. The first kappa shape index (κ1) is 18.1. The van der Waals surface area contributed by atoms with Crippen molar-refractivity contribution in [2.24, 2.45) is 0 Å². The topological polar surface area (TPSA) is 53.4 Å². The molecule has 2 heterocycles. The van der Waals surface area contributed by atoms with Gasteiger partial charge in [-0.2, -0.15) is 4.98 Å². The van der Waals surface area contributed by atoms with Crippen molar-refractivity contribution >= 4 is 0 Å². The summed E-state index contributed by atoms with van der Waals surface area (Å²) in [5.74, 6) is 1.58. The van der Waals surface area contributed by atoms with E-state index in [1.807, 2.05) is 4.57 Å². The summed E-state index contributed by atoms with van der Waals surface area (Å²) in [6, 6.07) is 10.6. The van der Waals surface area contributed by atoms with Crippen LogP contribution in [-0.4, -0.2) is 22.3 Å². The predicted molar refractivity (Wildman–Crippen MR) is 105 cm³/mol. The minimum absolute atomic E-state index is 0.118. The van der Waals surface area contributed by atoms with Crippen LogP contribution in [0.4, 0.5) is 0 Å². The molecule has 1 aliphatic carbocycles. The molecule has 2 aromatic rings. The number of ether oxygens (including phenoxy) is 2. The lowest BCUT2D eigenvalue weighted by Crippen LogP contribution is -2.23. The van der Waals surface area contributed by atoms with E-state index in [0.717, 1.165) is 24.3 Å². The predicted octanol–water partition coefficient (Wildman–Crippen LogP) is 4.08. The van der Waals surface area contributed by atoms with Crippen molar-refractivity contribution in [3.05, 3.63) is 51.9 Å². The van der Waals surface area contributed by atoms with Gasteiger partial charge < -0.3 is 9.47 Å². The first-order valence-electron chi connectivity index (χ1n) is 10.2. The van der Waals surface area contributed by atoms with E-state index in [4.69, 9.17) is 9.47 Å². The number of fused-ring (bicyclic) bond motifs is 1. The van der Waals surface area contributed by atoms with Crippen LogP contribution in [0.25, 0.3) is 0 Å². The maximum Gasteiger partial charge on any atom is 0.300 e. The molecule has 1 fully saturated rings. The smallest absolute Gasteiger partial charge is 0.300 e. The Balaban J connectivity index is 1.35. The first-order valence-corrected chi connectivity index (χ1v) is 10.2. The summed E-state index contributed by atoms with van der Waals surface area (Å²) < 4.78 is 13.8. The zero-order chi connectivity index (χ0) is 18.6. The monoisotopic (exact) mass is 368 g/mol. The van der Waals surface area contributed by atoms with E-state index in [1.165, 1.54) is 37.7 Å². The van der Waals surface area contributed by atoms with Gasteiger partial charge in [-0.25, -0.2) is 0 Å². The van der Waals surface area contributed by atoms with Crippen LogP contribution in [0.5, 0.6) is 11.8 Å². The van der Waals surface area contributed by atoms with E-state index in [1.54, 1.807) is 6.07 Å². The van der Waals surface area contributed by atoms with Gasteiger partial charge in [0.1, 0.15) is 12.4 Å². The zero-order valence-corrected chi connectivity index (χ0v) is 16.0. The highest BCUT2D eigenvalue weighted by Crippen LogP contribution is 2.33. The average molecular weight is 368 g/mol. The Bertz CT molecular complexity index is 822. The molecule has 1 atom stereocenters. The highest BCUT2D eigenvalue weighted by molar-refractivity contribution is 5.29. The Hall–Kier alpha value is -2.30. The normalized spacial score (nSPS) is 19.5. The SMILES string of the molecule is CCCc1cc(=O)nc2n1C[C@@H](COc1ccc(C3CCCCC3)cc1)O2. The van der Waals surface area contributed by atoms with Crippen molar-refractivity contribution < 1.29 is 9.47 Å². The van der Waals surface area contributed by atoms with Gasteiger partial charge in [0.25, 0.3) is 11.6 Å². The molecule has 0 saturated heterocycles. The van der Waals surface area contributed by atoms with E-state index >= 15 is 0 Å². The molecule has 5 nitrogen and oxygen atoms in total. The van der Waals surface area contributed by atoms with Gasteiger partial charge in [0.05, 0.1) is 6.54 Å². The first-order chi connectivity index (χ1) is 13.2. The average Bonchev–Trinajstić information content (AvgIpc) is 3.11. The van der Waals surface area contributed by atoms with Crippen molar-refractivity contribution in [2.45, 2.75) is 70.4 Å². The fraction of sp³-hybridized carbons (Fsp3) is 0.545. The number of nitrogens with zero attached hydrogens (tertiary/aromatic N) is 2. The molecule has 0 N–H and O–H groups in total. The van der Waals surface area contributed by atoms with Gasteiger partial charge in [0, 0.05) is 11.8 Å². The number of hydrogen-bond donors (Lipinski definition) is 0. The van der Waals surface area contributed by atoms with Crippen molar-refractivity contribution in [3.8, 4) is 11.8 Å². The van der Waals surface area contributed by atoms with Crippen molar-refractivity contribution in [3.63, 3.8) is 0 Å². The van der Waals surface area contributed by atoms with Crippen molar-refractivity contribution in [1.29, 1.82) is 0 Å². The quantitative estimate of drug-likeness (QED) is 0.771. The highest BCUT2D eigenvalue weighted by atomic mass is 16.6. The van der Waals surface area contributed by atoms with Crippen LogP contribution in [0.3, 0.4) is 0 Å². The van der Waals surface area contributed by atoms with Crippen LogP contribution >= 0.6 is 0 Å². The van der Waals surface area contributed by atoms with Crippen molar-refractivity contribution in [1.82, 2.24) is 9.55 Å². The summed E-state index contributed by atoms with van der Waals surface area (Å²) in [5, 5.41) is 0. The molecule has 4 rings (SSSR count). The van der Waals surface area contributed by atoms with Crippen LogP contribution in [0.1, 0.15) is 62.6 Å². The van der Waals surface area contributed by atoms with Crippen LogP contribution < -0.4 is 15.0 Å². The van der Waals surface area contributed by atoms with Gasteiger partial charge in [0.2, 0.25) is 0 Å². The molecule has 2 aliphatic rings. The number of aryl methyl sites for hydroxylation is 1. The lowest BCUT2D eigenvalue weighted by atomic mass is 9.84. The second-order valence-corrected chi connectivity index (χ2v) is 7.68. The molecular formula is C22H28N2O3. The van der Waals surface area contributed by atoms with Crippen LogP contribution in [0.15, 0.2) is 35.1 Å². The summed E-state index contributed by atoms with van der Waals surface area (Å²) in [6.07, 6.45) is 8.40. The highest BCUT2D eigenvalue weighted by Gasteiger charge is 2.26. The second-order valence-electron chi connectivity index (χ2n) is 7.68. The Morgan fingerprint density at radius 2 is 1.96 bits per heavy atom. The lowest BCUT2D eigenvalue weighted by molar-refractivity contribution is 0.143. The molecule has 0 bridgehead atoms. The molecule has 144 valence electrons. The van der Waals surface area contributed by atoms with Gasteiger partial charge in [-0.15, -0.1) is 0 Å². The standard InChI is InChI=1S/C22H28N2O3/c1-2-6-18-13-21(25)23-22-24(18)14-20(27-22)15-26-19-11-9-17(10-12-19)16-7-4-3-5-8-16/h9-13,16,20H,2-8,14-15H2,1H3/t20-/m0/s1. The largest absolute Gasteiger partial charge is 0.490 e. The molecule has 0 amide bonds. The maximum atomic E-state index is 11.7. The summed E-state index contributed by atoms with van der Waals surface area (Å²) in [5.41, 5.74) is 2.19. The van der Waals surface area contributed by atoms with Crippen molar-refractivity contribution in [2.75, 3.05) is 6.61 Å². The van der Waals surface area contributed by atoms with Gasteiger partial charge >= 0.3 is 0 Å². The lowest BCUT2D eigenvalue weighted by Gasteiger charge is -2.22. The van der Waals surface area contributed by atoms with Gasteiger partial charge in [0.15, 0.2) is 6.10 Å². The maximum absolute atomic E-state index is 11.7. The summed E-state index contributed by atoms with van der Waals surface area (Å²) in [4.78, 5) is 15.7. The number of aromatic nitrogens is 2.